The zero-order valence-corrected chi connectivity index (χ0v) is 11.7. The molecule has 4 N–H and O–H groups in total. The van der Waals surface area contributed by atoms with Crippen molar-refractivity contribution in [3.8, 4) is 0 Å². The van der Waals surface area contributed by atoms with Gasteiger partial charge in [-0.3, -0.25) is 4.79 Å². The van der Waals surface area contributed by atoms with Crippen LogP contribution in [0.5, 0.6) is 0 Å². The molecule has 0 aromatic heterocycles. The van der Waals surface area contributed by atoms with Crippen molar-refractivity contribution in [2.75, 3.05) is 6.54 Å². The highest BCUT2D eigenvalue weighted by Gasteiger charge is 2.54. The highest BCUT2D eigenvalue weighted by molar-refractivity contribution is 6.09. The first kappa shape index (κ1) is 14.2. The lowest BCUT2D eigenvalue weighted by Gasteiger charge is -2.26. The quantitative estimate of drug-likeness (QED) is 0.307. The summed E-state index contributed by atoms with van der Waals surface area (Å²) in [7, 11) is 0. The van der Waals surface area contributed by atoms with Gasteiger partial charge in [-0.05, 0) is 37.5 Å². The first-order chi connectivity index (χ1) is 9.08. The van der Waals surface area contributed by atoms with E-state index < -0.39 is 5.41 Å². The van der Waals surface area contributed by atoms with Crippen LogP contribution in [-0.4, -0.2) is 23.5 Å². The summed E-state index contributed by atoms with van der Waals surface area (Å²) in [5.41, 5.74) is 4.87. The van der Waals surface area contributed by atoms with E-state index in [2.05, 4.69) is 17.4 Å². The summed E-state index contributed by atoms with van der Waals surface area (Å²) in [5, 5.41) is 14.6. The molecule has 0 aromatic rings. The minimum atomic E-state index is -0.714. The minimum absolute atomic E-state index is 0.0521. The molecule has 0 radical (unpaired) electrons. The number of carbonyl (C=O) groups is 1. The normalized spacial score (nSPS) is 29.8. The Balaban J connectivity index is 1.73. The Morgan fingerprint density at radius 3 is 2.79 bits per heavy atom. The summed E-state index contributed by atoms with van der Waals surface area (Å²) in [5.74, 6) is 1.53. The summed E-state index contributed by atoms with van der Waals surface area (Å²) >= 11 is 0. The standard InChI is InChI=1S/C14H25N3O2/c1-10-3-2-4-11(9-10)5-8-16-13(18)14(6-7-14)12(15)17-19/h10-11,19H,2-9H2,1H3,(H2,15,17)(H,16,18). The van der Waals surface area contributed by atoms with Crippen molar-refractivity contribution in [3.05, 3.63) is 0 Å². The number of carbonyl (C=O) groups excluding carboxylic acids is 1. The number of hydrogen-bond donors (Lipinski definition) is 3. The molecule has 2 atom stereocenters. The van der Waals surface area contributed by atoms with Crippen LogP contribution < -0.4 is 11.1 Å². The number of oxime groups is 1. The highest BCUT2D eigenvalue weighted by atomic mass is 16.4. The SMILES string of the molecule is CC1CCCC(CCNC(=O)C2(C(N)=NO)CC2)C1. The largest absolute Gasteiger partial charge is 0.409 e. The fraction of sp³-hybridized carbons (Fsp3) is 0.857. The average molecular weight is 267 g/mol. The number of nitrogens with zero attached hydrogens (tertiary/aromatic N) is 1. The van der Waals surface area contributed by atoms with Gasteiger partial charge in [-0.1, -0.05) is 31.3 Å². The molecule has 0 aromatic carbocycles. The number of rotatable bonds is 5. The lowest BCUT2D eigenvalue weighted by Crippen LogP contribution is -2.41. The Bertz CT molecular complexity index is 364. The van der Waals surface area contributed by atoms with E-state index >= 15 is 0 Å². The van der Waals surface area contributed by atoms with Crippen LogP contribution in [0.15, 0.2) is 5.16 Å². The summed E-state index contributed by atoms with van der Waals surface area (Å²) < 4.78 is 0. The van der Waals surface area contributed by atoms with E-state index in [1.807, 2.05) is 0 Å². The number of amides is 1. The number of hydrogen-bond acceptors (Lipinski definition) is 3. The minimum Gasteiger partial charge on any atom is -0.409 e. The molecular formula is C14H25N3O2. The summed E-state index contributed by atoms with van der Waals surface area (Å²) in [6.07, 6.45) is 7.64. The van der Waals surface area contributed by atoms with Gasteiger partial charge in [-0.2, -0.15) is 0 Å². The molecule has 108 valence electrons. The predicted molar refractivity (Wildman–Crippen MR) is 73.8 cm³/mol. The molecule has 5 nitrogen and oxygen atoms in total. The topological polar surface area (TPSA) is 87.7 Å². The van der Waals surface area contributed by atoms with E-state index in [4.69, 9.17) is 10.9 Å². The molecule has 2 unspecified atom stereocenters. The molecule has 0 heterocycles. The second-order valence-corrected chi connectivity index (χ2v) is 6.25. The molecule has 2 aliphatic rings. The zero-order chi connectivity index (χ0) is 13.9. The van der Waals surface area contributed by atoms with Crippen LogP contribution in [0.2, 0.25) is 0 Å². The zero-order valence-electron chi connectivity index (χ0n) is 11.7. The van der Waals surface area contributed by atoms with Gasteiger partial charge < -0.3 is 16.3 Å². The number of nitrogens with one attached hydrogen (secondary N) is 1. The Kier molecular flexibility index (Phi) is 4.32. The lowest BCUT2D eigenvalue weighted by atomic mass is 9.81. The molecular weight excluding hydrogens is 242 g/mol. The van der Waals surface area contributed by atoms with Crippen LogP contribution in [0.1, 0.15) is 51.9 Å². The van der Waals surface area contributed by atoms with Crippen LogP contribution in [-0.2, 0) is 4.79 Å². The maximum Gasteiger partial charge on any atom is 0.233 e. The summed E-state index contributed by atoms with van der Waals surface area (Å²) in [6.45, 7) is 3.01. The first-order valence-corrected chi connectivity index (χ1v) is 7.35. The van der Waals surface area contributed by atoms with Crippen molar-refractivity contribution < 1.29 is 10.0 Å². The van der Waals surface area contributed by atoms with Crippen molar-refractivity contribution >= 4 is 11.7 Å². The van der Waals surface area contributed by atoms with Crippen LogP contribution >= 0.6 is 0 Å². The monoisotopic (exact) mass is 267 g/mol. The molecule has 2 rings (SSSR count). The number of amidine groups is 1. The van der Waals surface area contributed by atoms with E-state index in [1.54, 1.807) is 0 Å². The predicted octanol–water partition coefficient (Wildman–Crippen LogP) is 1.85. The van der Waals surface area contributed by atoms with Gasteiger partial charge in [0.1, 0.15) is 5.41 Å². The molecule has 2 fully saturated rings. The third-order valence-corrected chi connectivity index (χ3v) is 4.67. The van der Waals surface area contributed by atoms with E-state index in [-0.39, 0.29) is 11.7 Å². The molecule has 0 saturated heterocycles. The maximum absolute atomic E-state index is 12.1. The maximum atomic E-state index is 12.1. The van der Waals surface area contributed by atoms with Crippen molar-refractivity contribution in [1.29, 1.82) is 0 Å². The van der Waals surface area contributed by atoms with Crippen molar-refractivity contribution in [1.82, 2.24) is 5.32 Å². The highest BCUT2D eigenvalue weighted by Crippen LogP contribution is 2.46. The van der Waals surface area contributed by atoms with E-state index in [0.29, 0.717) is 19.4 Å². The van der Waals surface area contributed by atoms with Crippen molar-refractivity contribution in [3.63, 3.8) is 0 Å². The third-order valence-electron chi connectivity index (χ3n) is 4.67. The van der Waals surface area contributed by atoms with Gasteiger partial charge in [0.25, 0.3) is 0 Å². The number of nitrogens with two attached hydrogens (primary N) is 1. The molecule has 1 amide bonds. The summed E-state index contributed by atoms with van der Waals surface area (Å²) in [4.78, 5) is 12.1. The lowest BCUT2D eigenvalue weighted by molar-refractivity contribution is -0.124. The molecule has 0 aliphatic heterocycles. The third kappa shape index (κ3) is 3.19. The fourth-order valence-corrected chi connectivity index (χ4v) is 3.20. The van der Waals surface area contributed by atoms with Gasteiger partial charge >= 0.3 is 0 Å². The van der Waals surface area contributed by atoms with Gasteiger partial charge in [-0.15, -0.1) is 0 Å². The average Bonchev–Trinajstić information content (AvgIpc) is 3.19. The molecule has 0 bridgehead atoms. The van der Waals surface area contributed by atoms with Crippen LogP contribution in [0.25, 0.3) is 0 Å². The molecule has 5 heteroatoms. The second-order valence-electron chi connectivity index (χ2n) is 6.25. The van der Waals surface area contributed by atoms with Crippen molar-refractivity contribution in [2.45, 2.75) is 51.9 Å². The van der Waals surface area contributed by atoms with Crippen LogP contribution in [0.4, 0.5) is 0 Å². The van der Waals surface area contributed by atoms with E-state index in [1.165, 1.54) is 25.7 Å². The van der Waals surface area contributed by atoms with Gasteiger partial charge in [-0.25, -0.2) is 0 Å². The molecule has 19 heavy (non-hydrogen) atoms. The van der Waals surface area contributed by atoms with Gasteiger partial charge in [0.2, 0.25) is 5.91 Å². The molecule has 0 spiro atoms. The second kappa shape index (κ2) is 5.80. The van der Waals surface area contributed by atoms with E-state index in [9.17, 15) is 4.79 Å². The fourth-order valence-electron chi connectivity index (χ4n) is 3.20. The molecule has 2 aliphatic carbocycles. The molecule has 2 saturated carbocycles. The Morgan fingerprint density at radius 2 is 2.21 bits per heavy atom. The smallest absolute Gasteiger partial charge is 0.233 e. The Morgan fingerprint density at radius 1 is 1.47 bits per heavy atom. The Hall–Kier alpha value is -1.26. The first-order valence-electron chi connectivity index (χ1n) is 7.35. The van der Waals surface area contributed by atoms with Crippen LogP contribution in [0, 0.1) is 17.3 Å². The van der Waals surface area contributed by atoms with Gasteiger partial charge in [0, 0.05) is 6.54 Å². The van der Waals surface area contributed by atoms with Crippen molar-refractivity contribution in [2.24, 2.45) is 28.1 Å². The van der Waals surface area contributed by atoms with Gasteiger partial charge in [0.15, 0.2) is 5.84 Å². The van der Waals surface area contributed by atoms with E-state index in [0.717, 1.165) is 18.3 Å². The van der Waals surface area contributed by atoms with Gasteiger partial charge in [0.05, 0.1) is 0 Å². The summed E-state index contributed by atoms with van der Waals surface area (Å²) in [6, 6.07) is 0. The van der Waals surface area contributed by atoms with Crippen LogP contribution in [0.3, 0.4) is 0 Å². The Labute approximate surface area is 114 Å².